The first-order chi connectivity index (χ1) is 17.5. The van der Waals surface area contributed by atoms with Crippen LogP contribution in [0.25, 0.3) is 5.69 Å². The maximum atomic E-state index is 13.2. The van der Waals surface area contributed by atoms with Gasteiger partial charge in [-0.05, 0) is 55.7 Å². The van der Waals surface area contributed by atoms with Crippen molar-refractivity contribution in [2.24, 2.45) is 0 Å². The second kappa shape index (κ2) is 12.3. The minimum absolute atomic E-state index is 0.140. The molecule has 0 saturated carbocycles. The summed E-state index contributed by atoms with van der Waals surface area (Å²) in [5.41, 5.74) is 4.09. The summed E-state index contributed by atoms with van der Waals surface area (Å²) in [5, 5.41) is 11.1. The lowest BCUT2D eigenvalue weighted by atomic mass is 9.92. The van der Waals surface area contributed by atoms with E-state index in [1.165, 1.54) is 4.90 Å². The minimum atomic E-state index is -0.357. The van der Waals surface area contributed by atoms with E-state index in [2.05, 4.69) is 10.6 Å². The zero-order chi connectivity index (χ0) is 27.2. The summed E-state index contributed by atoms with van der Waals surface area (Å²) in [6.07, 6.45) is 0.593. The van der Waals surface area contributed by atoms with E-state index in [1.54, 1.807) is 17.9 Å². The Bertz CT molecular complexity index is 1250. The molecule has 0 bridgehead atoms. The highest BCUT2D eigenvalue weighted by Crippen LogP contribution is 2.29. The van der Waals surface area contributed by atoms with Gasteiger partial charge >= 0.3 is 6.03 Å². The van der Waals surface area contributed by atoms with Gasteiger partial charge in [-0.3, -0.25) is 4.79 Å². The molecule has 8 nitrogen and oxygen atoms in total. The fourth-order valence-corrected chi connectivity index (χ4v) is 3.89. The van der Waals surface area contributed by atoms with Crippen LogP contribution in [-0.2, 0) is 14.9 Å². The number of nitrogens with zero attached hydrogens (tertiary/aromatic N) is 3. The molecule has 3 rings (SSSR count). The van der Waals surface area contributed by atoms with E-state index >= 15 is 0 Å². The maximum Gasteiger partial charge on any atom is 0.322 e. The number of nitrogens with one attached hydrogen (secondary N) is 2. The van der Waals surface area contributed by atoms with Gasteiger partial charge < -0.3 is 20.3 Å². The summed E-state index contributed by atoms with van der Waals surface area (Å²) in [6.45, 7) is 10.8. The van der Waals surface area contributed by atoms with Gasteiger partial charge in [0.25, 0.3) is 0 Å². The molecule has 0 aliphatic rings. The molecule has 9 heteroatoms. The van der Waals surface area contributed by atoms with E-state index in [-0.39, 0.29) is 23.9 Å². The molecule has 0 aliphatic carbocycles. The molecule has 0 atom stereocenters. The second-order valence-electron chi connectivity index (χ2n) is 10.1. The van der Waals surface area contributed by atoms with Crippen molar-refractivity contribution in [1.82, 2.24) is 14.7 Å². The predicted molar refractivity (Wildman–Crippen MR) is 149 cm³/mol. The molecule has 0 fully saturated rings. The average Bonchev–Trinajstić information content (AvgIpc) is 3.25. The van der Waals surface area contributed by atoms with Crippen molar-refractivity contribution >= 4 is 35.0 Å². The molecular formula is C28H36ClN5O3. The van der Waals surface area contributed by atoms with E-state index in [9.17, 15) is 9.59 Å². The Morgan fingerprint density at radius 2 is 1.78 bits per heavy atom. The number of carbonyl (C=O) groups excluding carboxylic acids is 2. The smallest absolute Gasteiger partial charge is 0.322 e. The topological polar surface area (TPSA) is 88.5 Å². The summed E-state index contributed by atoms with van der Waals surface area (Å²) < 4.78 is 6.78. The molecule has 0 spiro atoms. The first-order valence-electron chi connectivity index (χ1n) is 12.3. The van der Waals surface area contributed by atoms with Gasteiger partial charge in [-0.15, -0.1) is 0 Å². The third kappa shape index (κ3) is 7.57. The number of aryl methyl sites for hydroxylation is 2. The summed E-state index contributed by atoms with van der Waals surface area (Å²) in [6, 6.07) is 14.5. The lowest BCUT2D eigenvalue weighted by molar-refractivity contribution is -0.116. The molecule has 0 aliphatic heterocycles. The number of carbonyl (C=O) groups is 2. The predicted octanol–water partition coefficient (Wildman–Crippen LogP) is 5.95. The van der Waals surface area contributed by atoms with E-state index in [4.69, 9.17) is 21.4 Å². The third-order valence-electron chi connectivity index (χ3n) is 5.98. The Kier molecular flexibility index (Phi) is 9.34. The molecule has 0 radical (unpaired) electrons. The van der Waals surface area contributed by atoms with Gasteiger partial charge in [-0.2, -0.15) is 5.10 Å². The van der Waals surface area contributed by atoms with Crippen LogP contribution < -0.4 is 10.6 Å². The molecule has 3 aromatic rings. The molecule has 37 heavy (non-hydrogen) atoms. The number of ether oxygens (including phenoxy) is 1. The van der Waals surface area contributed by atoms with Gasteiger partial charge in [0.05, 0.1) is 16.4 Å². The summed E-state index contributed by atoms with van der Waals surface area (Å²) >= 11 is 6.44. The molecule has 0 unspecified atom stereocenters. The van der Waals surface area contributed by atoms with E-state index in [1.807, 2.05) is 77.1 Å². The largest absolute Gasteiger partial charge is 0.385 e. The van der Waals surface area contributed by atoms with Crippen LogP contribution in [0.15, 0.2) is 48.5 Å². The van der Waals surface area contributed by atoms with Crippen LogP contribution in [-0.4, -0.2) is 53.4 Å². The van der Waals surface area contributed by atoms with Gasteiger partial charge in [0.1, 0.15) is 12.4 Å². The Hall–Kier alpha value is -3.36. The number of methoxy groups -OCH3 is 1. The Morgan fingerprint density at radius 1 is 1.05 bits per heavy atom. The highest BCUT2D eigenvalue weighted by atomic mass is 35.5. The quantitative estimate of drug-likeness (QED) is 0.338. The lowest BCUT2D eigenvalue weighted by Gasteiger charge is -2.23. The van der Waals surface area contributed by atoms with Crippen molar-refractivity contribution in [3.8, 4) is 5.69 Å². The summed E-state index contributed by atoms with van der Waals surface area (Å²) in [7, 11) is 1.61. The summed E-state index contributed by atoms with van der Waals surface area (Å²) in [5.74, 6) is 0.135. The molecule has 2 aromatic carbocycles. The average molecular weight is 526 g/mol. The molecule has 3 amide bonds. The number of rotatable bonds is 9. The number of hydrogen-bond acceptors (Lipinski definition) is 4. The van der Waals surface area contributed by atoms with Gasteiger partial charge in [0.2, 0.25) is 5.91 Å². The van der Waals surface area contributed by atoms with E-state index in [0.29, 0.717) is 41.8 Å². The van der Waals surface area contributed by atoms with Crippen LogP contribution in [0.5, 0.6) is 0 Å². The fourth-order valence-electron chi connectivity index (χ4n) is 3.67. The third-order valence-corrected chi connectivity index (χ3v) is 6.30. The number of amides is 3. The first-order valence-corrected chi connectivity index (χ1v) is 12.6. The zero-order valence-corrected chi connectivity index (χ0v) is 23.1. The first kappa shape index (κ1) is 28.2. The van der Waals surface area contributed by atoms with Crippen LogP contribution in [0.2, 0.25) is 5.02 Å². The van der Waals surface area contributed by atoms with Crippen molar-refractivity contribution < 1.29 is 14.3 Å². The highest BCUT2D eigenvalue weighted by molar-refractivity contribution is 6.32. The molecular weight excluding hydrogens is 490 g/mol. The van der Waals surface area contributed by atoms with Crippen molar-refractivity contribution in [1.29, 1.82) is 0 Å². The van der Waals surface area contributed by atoms with Crippen LogP contribution >= 0.6 is 11.6 Å². The number of hydrogen-bond donors (Lipinski definition) is 2. The molecule has 1 heterocycles. The van der Waals surface area contributed by atoms with Crippen LogP contribution in [0.4, 0.5) is 16.3 Å². The minimum Gasteiger partial charge on any atom is -0.385 e. The molecule has 0 saturated heterocycles. The Balaban J connectivity index is 1.82. The number of halogens is 1. The van der Waals surface area contributed by atoms with Gasteiger partial charge in [-0.1, -0.05) is 50.6 Å². The Morgan fingerprint density at radius 3 is 2.43 bits per heavy atom. The Labute approximate surface area is 223 Å². The van der Waals surface area contributed by atoms with E-state index < -0.39 is 0 Å². The van der Waals surface area contributed by atoms with Crippen molar-refractivity contribution in [2.75, 3.05) is 37.4 Å². The standard InChI is InChI=1S/C28H36ClN5O3/c1-19-12-13-21(16-20(19)2)30-27(36)33(14-9-15-37-6)18-26(35)31-25-17-24(28(3,4)5)32-34(25)23-11-8-7-10-22(23)29/h7-8,10-13,16-17H,9,14-15,18H2,1-6H3,(H,30,36)(H,31,35). The number of anilines is 2. The highest BCUT2D eigenvalue weighted by Gasteiger charge is 2.24. The van der Waals surface area contributed by atoms with Crippen LogP contribution in [0, 0.1) is 13.8 Å². The van der Waals surface area contributed by atoms with E-state index in [0.717, 1.165) is 16.8 Å². The fraction of sp³-hybridized carbons (Fsp3) is 0.393. The van der Waals surface area contributed by atoms with Crippen LogP contribution in [0.1, 0.15) is 44.0 Å². The molecule has 198 valence electrons. The SMILES string of the molecule is COCCCN(CC(=O)Nc1cc(C(C)(C)C)nn1-c1ccccc1Cl)C(=O)Nc1ccc(C)c(C)c1. The monoisotopic (exact) mass is 525 g/mol. The second-order valence-corrected chi connectivity index (χ2v) is 10.5. The summed E-state index contributed by atoms with van der Waals surface area (Å²) in [4.78, 5) is 27.8. The normalized spacial score (nSPS) is 11.3. The van der Waals surface area contributed by atoms with Gasteiger partial charge in [0.15, 0.2) is 0 Å². The molecule has 1 aromatic heterocycles. The van der Waals surface area contributed by atoms with Crippen molar-refractivity contribution in [3.05, 3.63) is 70.4 Å². The maximum absolute atomic E-state index is 13.2. The zero-order valence-electron chi connectivity index (χ0n) is 22.4. The lowest BCUT2D eigenvalue weighted by Crippen LogP contribution is -2.41. The number of benzene rings is 2. The van der Waals surface area contributed by atoms with Gasteiger partial charge in [0, 0.05) is 37.4 Å². The van der Waals surface area contributed by atoms with Crippen LogP contribution in [0.3, 0.4) is 0 Å². The molecule has 2 N–H and O–H groups in total. The number of aromatic nitrogens is 2. The van der Waals surface area contributed by atoms with Crippen molar-refractivity contribution in [3.63, 3.8) is 0 Å². The number of urea groups is 1. The van der Waals surface area contributed by atoms with Crippen molar-refractivity contribution in [2.45, 2.75) is 46.5 Å². The van der Waals surface area contributed by atoms with Gasteiger partial charge in [-0.25, -0.2) is 9.48 Å². The number of para-hydroxylation sites is 1.